The van der Waals surface area contributed by atoms with Gasteiger partial charge in [0.2, 0.25) is 0 Å². The molecule has 2 atom stereocenters. The van der Waals surface area contributed by atoms with Gasteiger partial charge in [-0.2, -0.15) is 0 Å². The molecule has 1 amide bonds. The average molecular weight is 351 g/mol. The summed E-state index contributed by atoms with van der Waals surface area (Å²) in [4.78, 5) is 35.6. The number of anilines is 1. The van der Waals surface area contributed by atoms with Crippen LogP contribution < -0.4 is 10.3 Å². The van der Waals surface area contributed by atoms with E-state index in [4.69, 9.17) is 9.84 Å². The van der Waals surface area contributed by atoms with E-state index in [9.17, 15) is 14.4 Å². The lowest BCUT2D eigenvalue weighted by Gasteiger charge is -2.34. The lowest BCUT2D eigenvalue weighted by molar-refractivity contribution is -0.148. The van der Waals surface area contributed by atoms with Crippen LogP contribution in [-0.2, 0) is 19.1 Å². The largest absolute Gasteiger partial charge is 0.480 e. The first-order valence-corrected chi connectivity index (χ1v) is 8.02. The molecule has 0 unspecified atom stereocenters. The Labute approximate surface area is 147 Å². The van der Waals surface area contributed by atoms with Gasteiger partial charge in [0.25, 0.3) is 5.91 Å². The van der Waals surface area contributed by atoms with Crippen molar-refractivity contribution in [3.8, 4) is 0 Å². The minimum absolute atomic E-state index is 0.245. The SMILES string of the molecule is CCOC(=O)[C@H](C)N[C@@H](C)C(=O)N(CC(=O)O)N(C)c1ccccc1. The number of rotatable bonds is 9. The zero-order valence-corrected chi connectivity index (χ0v) is 14.9. The fourth-order valence-electron chi connectivity index (χ4n) is 2.25. The molecule has 0 fully saturated rings. The molecule has 1 aromatic carbocycles. The number of hydrazine groups is 1. The molecule has 8 nitrogen and oxygen atoms in total. The van der Waals surface area contributed by atoms with Gasteiger partial charge in [-0.05, 0) is 32.9 Å². The number of carbonyl (C=O) groups is 3. The second-order valence-corrected chi connectivity index (χ2v) is 5.51. The minimum Gasteiger partial charge on any atom is -0.480 e. The quantitative estimate of drug-likeness (QED) is 0.503. The van der Waals surface area contributed by atoms with Crippen molar-refractivity contribution in [1.29, 1.82) is 0 Å². The molecule has 0 saturated heterocycles. The van der Waals surface area contributed by atoms with Crippen molar-refractivity contribution in [2.45, 2.75) is 32.9 Å². The second kappa shape index (κ2) is 9.63. The van der Waals surface area contributed by atoms with Gasteiger partial charge in [-0.3, -0.25) is 24.7 Å². The fourth-order valence-corrected chi connectivity index (χ4v) is 2.25. The van der Waals surface area contributed by atoms with Gasteiger partial charge in [-0.1, -0.05) is 18.2 Å². The van der Waals surface area contributed by atoms with Crippen LogP contribution in [0.1, 0.15) is 20.8 Å². The molecule has 0 spiro atoms. The van der Waals surface area contributed by atoms with Crippen molar-refractivity contribution in [1.82, 2.24) is 10.3 Å². The van der Waals surface area contributed by atoms with E-state index in [1.807, 2.05) is 6.07 Å². The Balaban J connectivity index is 2.89. The Morgan fingerprint density at radius 3 is 2.28 bits per heavy atom. The summed E-state index contributed by atoms with van der Waals surface area (Å²) in [5, 5.41) is 14.6. The molecule has 0 radical (unpaired) electrons. The zero-order valence-electron chi connectivity index (χ0n) is 14.9. The Bertz CT molecular complexity index is 593. The molecule has 0 aliphatic carbocycles. The summed E-state index contributed by atoms with van der Waals surface area (Å²) in [6.07, 6.45) is 0. The van der Waals surface area contributed by atoms with Crippen molar-refractivity contribution in [2.24, 2.45) is 0 Å². The highest BCUT2D eigenvalue weighted by Gasteiger charge is 2.28. The molecule has 2 N–H and O–H groups in total. The van der Waals surface area contributed by atoms with E-state index in [0.717, 1.165) is 5.01 Å². The molecular formula is C17H25N3O5. The third-order valence-electron chi connectivity index (χ3n) is 3.54. The van der Waals surface area contributed by atoms with Crippen molar-refractivity contribution in [3.05, 3.63) is 30.3 Å². The molecule has 1 aromatic rings. The molecule has 0 aliphatic heterocycles. The predicted molar refractivity (Wildman–Crippen MR) is 92.9 cm³/mol. The maximum atomic E-state index is 12.7. The summed E-state index contributed by atoms with van der Waals surface area (Å²) in [6.45, 7) is 4.61. The number of hydrogen-bond donors (Lipinski definition) is 2. The van der Waals surface area contributed by atoms with Crippen LogP contribution in [0.15, 0.2) is 30.3 Å². The third kappa shape index (κ3) is 6.07. The first-order valence-electron chi connectivity index (χ1n) is 8.02. The maximum absolute atomic E-state index is 12.7. The molecule has 0 saturated carbocycles. The number of aliphatic carboxylic acids is 1. The Morgan fingerprint density at radius 1 is 1.16 bits per heavy atom. The highest BCUT2D eigenvalue weighted by atomic mass is 16.5. The number of hydrogen-bond acceptors (Lipinski definition) is 6. The number of carbonyl (C=O) groups excluding carboxylic acids is 2. The first kappa shape index (κ1) is 20.4. The van der Waals surface area contributed by atoms with Crippen LogP contribution in [-0.4, -0.2) is 60.2 Å². The van der Waals surface area contributed by atoms with Gasteiger partial charge >= 0.3 is 11.9 Å². The molecule has 0 aromatic heterocycles. The van der Waals surface area contributed by atoms with Crippen molar-refractivity contribution in [3.63, 3.8) is 0 Å². The van der Waals surface area contributed by atoms with Gasteiger partial charge in [0.05, 0.1) is 18.3 Å². The van der Waals surface area contributed by atoms with Crippen LogP contribution in [0.2, 0.25) is 0 Å². The molecule has 0 aliphatic rings. The number of amides is 1. The summed E-state index contributed by atoms with van der Waals surface area (Å²) in [5.41, 5.74) is 0.669. The molecular weight excluding hydrogens is 326 g/mol. The standard InChI is InChI=1S/C17H25N3O5/c1-5-25-17(24)13(3)18-12(2)16(23)20(11-15(21)22)19(4)14-9-7-6-8-10-14/h6-10,12-13,18H,5,11H2,1-4H3,(H,21,22)/t12-,13-/m0/s1. The number of para-hydroxylation sites is 1. The minimum atomic E-state index is -1.14. The number of nitrogens with one attached hydrogen (secondary N) is 1. The van der Waals surface area contributed by atoms with Gasteiger partial charge in [-0.25, -0.2) is 5.01 Å². The molecule has 0 heterocycles. The molecule has 8 heteroatoms. The van der Waals surface area contributed by atoms with Gasteiger partial charge < -0.3 is 9.84 Å². The maximum Gasteiger partial charge on any atom is 0.325 e. The molecule has 0 bridgehead atoms. The van der Waals surface area contributed by atoms with E-state index in [1.165, 1.54) is 5.01 Å². The summed E-state index contributed by atoms with van der Waals surface area (Å²) >= 11 is 0. The topological polar surface area (TPSA) is 99.2 Å². The average Bonchev–Trinajstić information content (AvgIpc) is 2.59. The first-order chi connectivity index (χ1) is 11.8. The van der Waals surface area contributed by atoms with E-state index in [2.05, 4.69) is 5.32 Å². The van der Waals surface area contributed by atoms with E-state index in [-0.39, 0.29) is 6.61 Å². The highest BCUT2D eigenvalue weighted by Crippen LogP contribution is 2.14. The fraction of sp³-hybridized carbons (Fsp3) is 0.471. The zero-order chi connectivity index (χ0) is 19.0. The number of ether oxygens (including phenoxy) is 1. The van der Waals surface area contributed by atoms with Crippen LogP contribution in [0.3, 0.4) is 0 Å². The lowest BCUT2D eigenvalue weighted by atomic mass is 10.2. The molecule has 138 valence electrons. The van der Waals surface area contributed by atoms with E-state index >= 15 is 0 Å². The Morgan fingerprint density at radius 2 is 1.76 bits per heavy atom. The monoisotopic (exact) mass is 351 g/mol. The van der Waals surface area contributed by atoms with Crippen LogP contribution in [0.25, 0.3) is 0 Å². The van der Waals surface area contributed by atoms with Crippen LogP contribution in [0, 0.1) is 0 Å². The van der Waals surface area contributed by atoms with Crippen LogP contribution >= 0.6 is 0 Å². The van der Waals surface area contributed by atoms with E-state index in [1.54, 1.807) is 52.1 Å². The van der Waals surface area contributed by atoms with Crippen molar-refractivity contribution < 1.29 is 24.2 Å². The number of benzene rings is 1. The molecule has 1 rings (SSSR count). The Hall–Kier alpha value is -2.61. The predicted octanol–water partition coefficient (Wildman–Crippen LogP) is 0.881. The third-order valence-corrected chi connectivity index (χ3v) is 3.54. The van der Waals surface area contributed by atoms with Crippen LogP contribution in [0.4, 0.5) is 5.69 Å². The van der Waals surface area contributed by atoms with Gasteiger partial charge in [0, 0.05) is 7.05 Å². The second-order valence-electron chi connectivity index (χ2n) is 5.51. The number of esters is 1. The smallest absolute Gasteiger partial charge is 0.325 e. The number of carboxylic acid groups (broad SMARTS) is 1. The van der Waals surface area contributed by atoms with Crippen molar-refractivity contribution in [2.75, 3.05) is 25.2 Å². The normalized spacial score (nSPS) is 12.8. The summed E-state index contributed by atoms with van der Waals surface area (Å²) in [5.74, 6) is -2.07. The highest BCUT2D eigenvalue weighted by molar-refractivity contribution is 5.87. The van der Waals surface area contributed by atoms with Crippen molar-refractivity contribution >= 4 is 23.5 Å². The van der Waals surface area contributed by atoms with E-state index in [0.29, 0.717) is 5.69 Å². The number of nitrogens with zero attached hydrogens (tertiary/aromatic N) is 2. The summed E-state index contributed by atoms with van der Waals surface area (Å²) in [7, 11) is 1.61. The summed E-state index contributed by atoms with van der Waals surface area (Å²) < 4.78 is 4.90. The van der Waals surface area contributed by atoms with Crippen LogP contribution in [0.5, 0.6) is 0 Å². The summed E-state index contributed by atoms with van der Waals surface area (Å²) in [6, 6.07) is 7.48. The number of carboxylic acids is 1. The van der Waals surface area contributed by atoms with Gasteiger partial charge in [0.1, 0.15) is 12.6 Å². The van der Waals surface area contributed by atoms with E-state index < -0.39 is 36.5 Å². The lowest BCUT2D eigenvalue weighted by Crippen LogP contribution is -2.55. The van der Waals surface area contributed by atoms with Gasteiger partial charge in [-0.15, -0.1) is 0 Å². The molecule has 25 heavy (non-hydrogen) atoms. The van der Waals surface area contributed by atoms with Gasteiger partial charge in [0.15, 0.2) is 0 Å². The Kier molecular flexibility index (Phi) is 7.87.